The van der Waals surface area contributed by atoms with Gasteiger partial charge in [0.25, 0.3) is 0 Å². The SMILES string of the molecule is CC(C)[C@H](NC(=O)N1CCCC(O)C1)C(=O)O. The molecule has 1 fully saturated rings. The third kappa shape index (κ3) is 3.89. The van der Waals surface area contributed by atoms with E-state index >= 15 is 0 Å². The van der Waals surface area contributed by atoms with Crippen molar-refractivity contribution < 1.29 is 19.8 Å². The first-order valence-corrected chi connectivity index (χ1v) is 5.88. The summed E-state index contributed by atoms with van der Waals surface area (Å²) in [6.07, 6.45) is 0.932. The zero-order valence-corrected chi connectivity index (χ0v) is 10.2. The van der Waals surface area contributed by atoms with Crippen molar-refractivity contribution in [3.8, 4) is 0 Å². The molecule has 98 valence electrons. The lowest BCUT2D eigenvalue weighted by molar-refractivity contribution is -0.140. The highest BCUT2D eigenvalue weighted by atomic mass is 16.4. The summed E-state index contributed by atoms with van der Waals surface area (Å²) in [5.74, 6) is -1.21. The van der Waals surface area contributed by atoms with Gasteiger partial charge in [0.15, 0.2) is 0 Å². The van der Waals surface area contributed by atoms with Crippen LogP contribution in [0.2, 0.25) is 0 Å². The van der Waals surface area contributed by atoms with E-state index in [1.54, 1.807) is 13.8 Å². The fraction of sp³-hybridized carbons (Fsp3) is 0.818. The molecule has 0 aromatic carbocycles. The summed E-state index contributed by atoms with van der Waals surface area (Å²) in [6, 6.07) is -1.30. The van der Waals surface area contributed by atoms with Crippen LogP contribution in [0, 0.1) is 5.92 Å². The van der Waals surface area contributed by atoms with E-state index in [0.29, 0.717) is 13.0 Å². The van der Waals surface area contributed by atoms with Gasteiger partial charge in [0, 0.05) is 13.1 Å². The maximum absolute atomic E-state index is 11.8. The Morgan fingerprint density at radius 3 is 2.53 bits per heavy atom. The van der Waals surface area contributed by atoms with Crippen LogP contribution in [0.3, 0.4) is 0 Å². The van der Waals surface area contributed by atoms with Gasteiger partial charge in [-0.2, -0.15) is 0 Å². The Morgan fingerprint density at radius 1 is 1.41 bits per heavy atom. The number of aliphatic hydroxyl groups excluding tert-OH is 1. The van der Waals surface area contributed by atoms with Gasteiger partial charge in [-0.1, -0.05) is 13.8 Å². The molecule has 0 bridgehead atoms. The van der Waals surface area contributed by atoms with Gasteiger partial charge in [-0.15, -0.1) is 0 Å². The second-order valence-corrected chi connectivity index (χ2v) is 4.75. The first-order valence-electron chi connectivity index (χ1n) is 5.88. The zero-order valence-electron chi connectivity index (χ0n) is 10.2. The monoisotopic (exact) mass is 244 g/mol. The van der Waals surface area contributed by atoms with E-state index in [9.17, 15) is 14.7 Å². The quantitative estimate of drug-likeness (QED) is 0.664. The molecule has 6 heteroatoms. The molecule has 3 N–H and O–H groups in total. The van der Waals surface area contributed by atoms with Gasteiger partial charge in [-0.05, 0) is 18.8 Å². The average molecular weight is 244 g/mol. The van der Waals surface area contributed by atoms with Gasteiger partial charge in [0.2, 0.25) is 0 Å². The molecule has 6 nitrogen and oxygen atoms in total. The number of aliphatic hydroxyl groups is 1. The molecule has 0 aliphatic carbocycles. The Labute approximate surface area is 101 Å². The van der Waals surface area contributed by atoms with E-state index in [1.165, 1.54) is 4.90 Å². The fourth-order valence-electron chi connectivity index (χ4n) is 1.88. The maximum Gasteiger partial charge on any atom is 0.326 e. The largest absolute Gasteiger partial charge is 0.480 e. The molecule has 0 spiro atoms. The van der Waals surface area contributed by atoms with E-state index in [1.807, 2.05) is 0 Å². The fourth-order valence-corrected chi connectivity index (χ4v) is 1.88. The first kappa shape index (κ1) is 13.8. The number of hydrogen-bond donors (Lipinski definition) is 3. The molecule has 0 aromatic heterocycles. The van der Waals surface area contributed by atoms with Crippen molar-refractivity contribution in [2.75, 3.05) is 13.1 Å². The van der Waals surface area contributed by atoms with Crippen molar-refractivity contribution in [3.05, 3.63) is 0 Å². The van der Waals surface area contributed by atoms with Gasteiger partial charge in [0.1, 0.15) is 6.04 Å². The summed E-state index contributed by atoms with van der Waals surface area (Å²) in [5, 5.41) is 20.9. The summed E-state index contributed by atoms with van der Waals surface area (Å²) in [6.45, 7) is 4.32. The Hall–Kier alpha value is -1.30. The number of nitrogens with zero attached hydrogens (tertiary/aromatic N) is 1. The molecule has 1 aliphatic rings. The Kier molecular flexibility index (Phi) is 4.74. The van der Waals surface area contributed by atoms with Crippen LogP contribution in [-0.4, -0.2) is 52.3 Å². The number of aliphatic carboxylic acids is 1. The molecule has 1 heterocycles. The number of carboxylic acids is 1. The van der Waals surface area contributed by atoms with E-state index in [-0.39, 0.29) is 12.5 Å². The van der Waals surface area contributed by atoms with E-state index in [0.717, 1.165) is 6.42 Å². The highest BCUT2D eigenvalue weighted by Crippen LogP contribution is 2.10. The van der Waals surface area contributed by atoms with Gasteiger partial charge in [0.05, 0.1) is 6.10 Å². The molecule has 1 saturated heterocycles. The predicted octanol–water partition coefficient (Wildman–Crippen LogP) is 0.262. The van der Waals surface area contributed by atoms with E-state index in [2.05, 4.69) is 5.32 Å². The van der Waals surface area contributed by atoms with Crippen molar-refractivity contribution in [1.82, 2.24) is 10.2 Å². The molecule has 2 amide bonds. The van der Waals surface area contributed by atoms with Crippen LogP contribution in [0.4, 0.5) is 4.79 Å². The number of carbonyl (C=O) groups is 2. The molecule has 0 aromatic rings. The van der Waals surface area contributed by atoms with Crippen LogP contribution in [0.5, 0.6) is 0 Å². The zero-order chi connectivity index (χ0) is 13.0. The summed E-state index contributed by atoms with van der Waals surface area (Å²) < 4.78 is 0. The standard InChI is InChI=1S/C11H20N2O4/c1-7(2)9(10(15)16)12-11(17)13-5-3-4-8(14)6-13/h7-9,14H,3-6H2,1-2H3,(H,12,17)(H,15,16)/t8?,9-/m0/s1. The molecule has 0 saturated carbocycles. The van der Waals surface area contributed by atoms with Crippen LogP contribution in [0.15, 0.2) is 0 Å². The molecular formula is C11H20N2O4. The molecule has 17 heavy (non-hydrogen) atoms. The highest BCUT2D eigenvalue weighted by Gasteiger charge is 2.28. The summed E-state index contributed by atoms with van der Waals surface area (Å²) >= 11 is 0. The molecule has 1 aliphatic heterocycles. The Balaban J connectivity index is 2.54. The van der Waals surface area contributed by atoms with Crippen LogP contribution in [0.25, 0.3) is 0 Å². The number of carboxylic acid groups (broad SMARTS) is 1. The Morgan fingerprint density at radius 2 is 2.06 bits per heavy atom. The minimum absolute atomic E-state index is 0.175. The molecule has 1 unspecified atom stereocenters. The second-order valence-electron chi connectivity index (χ2n) is 4.75. The first-order chi connectivity index (χ1) is 7.91. The van der Waals surface area contributed by atoms with Crippen LogP contribution in [0.1, 0.15) is 26.7 Å². The maximum atomic E-state index is 11.8. The normalized spacial score (nSPS) is 22.4. The number of piperidine rings is 1. The highest BCUT2D eigenvalue weighted by molar-refractivity contribution is 5.82. The predicted molar refractivity (Wildman–Crippen MR) is 61.6 cm³/mol. The van der Waals surface area contributed by atoms with Crippen molar-refractivity contribution >= 4 is 12.0 Å². The molecule has 1 rings (SSSR count). The number of urea groups is 1. The molecular weight excluding hydrogens is 224 g/mol. The average Bonchev–Trinajstić information content (AvgIpc) is 2.24. The third-order valence-corrected chi connectivity index (χ3v) is 2.90. The minimum atomic E-state index is -1.04. The lowest BCUT2D eigenvalue weighted by Gasteiger charge is -2.31. The van der Waals surface area contributed by atoms with Crippen molar-refractivity contribution in [2.45, 2.75) is 38.8 Å². The van der Waals surface area contributed by atoms with Crippen LogP contribution >= 0.6 is 0 Å². The topological polar surface area (TPSA) is 89.9 Å². The summed E-state index contributed by atoms with van der Waals surface area (Å²) in [7, 11) is 0. The van der Waals surface area contributed by atoms with Crippen LogP contribution in [-0.2, 0) is 4.79 Å². The number of carbonyl (C=O) groups excluding carboxylic acids is 1. The molecule has 2 atom stereocenters. The van der Waals surface area contributed by atoms with E-state index in [4.69, 9.17) is 5.11 Å². The third-order valence-electron chi connectivity index (χ3n) is 2.90. The van der Waals surface area contributed by atoms with Crippen molar-refractivity contribution in [1.29, 1.82) is 0 Å². The summed E-state index contributed by atoms with van der Waals surface area (Å²) in [5.41, 5.74) is 0. The lowest BCUT2D eigenvalue weighted by Crippen LogP contribution is -2.53. The number of hydrogen-bond acceptors (Lipinski definition) is 3. The van der Waals surface area contributed by atoms with Crippen molar-refractivity contribution in [3.63, 3.8) is 0 Å². The van der Waals surface area contributed by atoms with E-state index < -0.39 is 24.1 Å². The lowest BCUT2D eigenvalue weighted by atomic mass is 10.0. The van der Waals surface area contributed by atoms with Crippen molar-refractivity contribution in [2.24, 2.45) is 5.92 Å². The van der Waals surface area contributed by atoms with Gasteiger partial charge >= 0.3 is 12.0 Å². The van der Waals surface area contributed by atoms with Gasteiger partial charge in [-0.25, -0.2) is 9.59 Å². The Bertz CT molecular complexity index is 293. The molecule has 0 radical (unpaired) electrons. The van der Waals surface area contributed by atoms with Gasteiger partial charge < -0.3 is 20.4 Å². The summed E-state index contributed by atoms with van der Waals surface area (Å²) in [4.78, 5) is 24.2. The number of likely N-dealkylation sites (tertiary alicyclic amines) is 1. The number of nitrogens with one attached hydrogen (secondary N) is 1. The smallest absolute Gasteiger partial charge is 0.326 e. The van der Waals surface area contributed by atoms with Crippen LogP contribution < -0.4 is 5.32 Å². The second kappa shape index (κ2) is 5.86. The van der Waals surface area contributed by atoms with Gasteiger partial charge in [-0.3, -0.25) is 0 Å². The number of β-amino-alcohol motifs (C(OH)–C–C–N with tert-alkyl or cyclic N) is 1. The minimum Gasteiger partial charge on any atom is -0.480 e. The number of rotatable bonds is 3. The number of amides is 2.